The van der Waals surface area contributed by atoms with Crippen LogP contribution in [0.1, 0.15) is 40.0 Å². The number of nitrogens with zero attached hydrogens (tertiary/aromatic N) is 2. The van der Waals surface area contributed by atoms with Crippen LogP contribution in [0, 0.1) is 15.5 Å². The summed E-state index contributed by atoms with van der Waals surface area (Å²) in [6, 6.07) is 6.21. The number of hydrogen-bond acceptors (Lipinski definition) is 5. The lowest BCUT2D eigenvalue weighted by molar-refractivity contribution is -0.387. The number of para-hydroxylation sites is 1. The average Bonchev–Trinajstić information content (AvgIpc) is 2.64. The van der Waals surface area contributed by atoms with Crippen molar-refractivity contribution in [3.05, 3.63) is 71.6 Å². The molecule has 30 heavy (non-hydrogen) atoms. The molecule has 0 aliphatic rings. The Labute approximate surface area is 183 Å². The van der Waals surface area contributed by atoms with Crippen molar-refractivity contribution in [2.24, 2.45) is 5.41 Å². The lowest BCUT2D eigenvalue weighted by atomic mass is 9.90. The molecule has 0 fully saturated rings. The van der Waals surface area contributed by atoms with Crippen molar-refractivity contribution in [3.63, 3.8) is 0 Å². The lowest BCUT2D eigenvalue weighted by Crippen LogP contribution is -2.40. The van der Waals surface area contributed by atoms with E-state index in [9.17, 15) is 15.2 Å². The molecule has 1 rings (SSSR count). The summed E-state index contributed by atoms with van der Waals surface area (Å²) in [4.78, 5) is 11.7. The Morgan fingerprint density at radius 2 is 2.00 bits per heavy atom. The minimum atomic E-state index is -0.792. The van der Waals surface area contributed by atoms with E-state index in [0.29, 0.717) is 18.0 Å². The first-order valence-corrected chi connectivity index (χ1v) is 11.3. The van der Waals surface area contributed by atoms with Gasteiger partial charge < -0.3 is 10.4 Å². The summed E-state index contributed by atoms with van der Waals surface area (Å²) in [5.74, 6) is 4.24. The fraction of sp³-hybridized carbons (Fsp3) is 0.435. The Balaban J connectivity index is 3.12. The number of unbranched alkanes of at least 4 members (excludes halogenated alkanes) is 1. The molecule has 1 aromatic rings. The smallest absolute Gasteiger partial charge is 0.283 e. The maximum absolute atomic E-state index is 11.5. The molecule has 0 radical (unpaired) electrons. The van der Waals surface area contributed by atoms with Crippen molar-refractivity contribution < 1.29 is 10.0 Å². The van der Waals surface area contributed by atoms with E-state index in [1.165, 1.54) is 6.07 Å². The van der Waals surface area contributed by atoms with Crippen LogP contribution in [0.5, 0.6) is 0 Å². The van der Waals surface area contributed by atoms with Crippen LogP contribution in [0.3, 0.4) is 0 Å². The van der Waals surface area contributed by atoms with Crippen molar-refractivity contribution in [3.8, 4) is 0 Å². The zero-order chi connectivity index (χ0) is 22.9. The van der Waals surface area contributed by atoms with E-state index in [-0.39, 0.29) is 21.8 Å². The fourth-order valence-electron chi connectivity index (χ4n) is 3.03. The van der Waals surface area contributed by atoms with E-state index < -0.39 is 16.7 Å². The first-order valence-electron chi connectivity index (χ1n) is 9.91. The van der Waals surface area contributed by atoms with Gasteiger partial charge >= 0.3 is 0 Å². The normalized spacial score (nSPS) is 13.5. The maximum atomic E-state index is 11.5. The van der Waals surface area contributed by atoms with E-state index in [4.69, 9.17) is 0 Å². The Morgan fingerprint density at radius 3 is 2.53 bits per heavy atom. The van der Waals surface area contributed by atoms with E-state index in [2.05, 4.69) is 56.0 Å². The molecule has 0 saturated heterocycles. The molecule has 0 amide bonds. The molecule has 0 aliphatic heterocycles. The molecule has 0 saturated carbocycles. The average molecular weight is 434 g/mol. The number of nitrogens with one attached hydrogen (secondary N) is 1. The van der Waals surface area contributed by atoms with Gasteiger partial charge in [0.15, 0.2) is 0 Å². The predicted molar refractivity (Wildman–Crippen MR) is 129 cm³/mol. The molecule has 6 nitrogen and oxygen atoms in total. The van der Waals surface area contributed by atoms with E-state index in [0.717, 1.165) is 25.0 Å². The topological polar surface area (TPSA) is 78.6 Å². The number of rotatable bonds is 13. The summed E-state index contributed by atoms with van der Waals surface area (Å²) >= 11 is 0. The highest BCUT2D eigenvalue weighted by Gasteiger charge is 2.24. The van der Waals surface area contributed by atoms with Crippen molar-refractivity contribution in [2.75, 3.05) is 13.1 Å². The molecule has 0 bridgehead atoms. The SMILES string of the molecule is C=CCCCN(C[C@H](NC(=C)CC(C)(C)C)C(=C)O)S(=C)c1ccccc1[N+](=O)[O-]. The van der Waals surface area contributed by atoms with Gasteiger partial charge in [-0.1, -0.05) is 68.7 Å². The summed E-state index contributed by atoms with van der Waals surface area (Å²) < 4.78 is 2.05. The van der Waals surface area contributed by atoms with Crippen molar-refractivity contribution in [2.45, 2.75) is 51.0 Å². The number of aliphatic hydroxyl groups is 1. The van der Waals surface area contributed by atoms with Crippen LogP contribution < -0.4 is 5.32 Å². The van der Waals surface area contributed by atoms with Crippen LogP contribution in [0.2, 0.25) is 0 Å². The van der Waals surface area contributed by atoms with Gasteiger partial charge in [0.25, 0.3) is 5.69 Å². The molecule has 0 aromatic heterocycles. The van der Waals surface area contributed by atoms with Crippen LogP contribution in [0.15, 0.2) is 66.4 Å². The molecule has 1 unspecified atom stereocenters. The molecule has 2 N–H and O–H groups in total. The van der Waals surface area contributed by atoms with Crippen LogP contribution >= 0.6 is 10.7 Å². The quantitative estimate of drug-likeness (QED) is 0.102. The van der Waals surface area contributed by atoms with Gasteiger partial charge in [-0.3, -0.25) is 10.1 Å². The summed E-state index contributed by atoms with van der Waals surface area (Å²) in [7, 11) is -0.792. The fourth-order valence-corrected chi connectivity index (χ4v) is 4.60. The van der Waals surface area contributed by atoms with Crippen molar-refractivity contribution in [1.29, 1.82) is 0 Å². The third kappa shape index (κ3) is 8.55. The molecule has 7 heteroatoms. The molecule has 0 heterocycles. The van der Waals surface area contributed by atoms with Crippen molar-refractivity contribution >= 4 is 22.2 Å². The molecule has 0 aliphatic carbocycles. The zero-order valence-corrected chi connectivity index (χ0v) is 19.2. The Bertz CT molecular complexity index is 799. The molecule has 1 aromatic carbocycles. The van der Waals surface area contributed by atoms with Gasteiger partial charge in [-0.25, -0.2) is 4.31 Å². The van der Waals surface area contributed by atoms with E-state index >= 15 is 0 Å². The molecule has 166 valence electrons. The first kappa shape index (κ1) is 25.7. The number of aliphatic hydroxyl groups excluding tert-OH is 1. The minimum absolute atomic E-state index is 0.00154. The molecular formula is C23H35N3O3S. The minimum Gasteiger partial charge on any atom is -0.511 e. The van der Waals surface area contributed by atoms with Gasteiger partial charge in [0.1, 0.15) is 5.76 Å². The predicted octanol–water partition coefficient (Wildman–Crippen LogP) is 5.82. The van der Waals surface area contributed by atoms with E-state index in [1.807, 2.05) is 6.08 Å². The number of benzene rings is 1. The standard InChI is InChI=1S/C23H35N3O3S/c1-8-9-12-15-25(30(7)22-14-11-10-13-21(22)26(28)29)17-20(19(3)27)24-18(2)16-23(4,5)6/h8,10-11,13-14,20,24,27H,1-3,7,9,12,15-17H2,4-6H3/t20-,30?/m0/s1. The molecular weight excluding hydrogens is 398 g/mol. The zero-order valence-electron chi connectivity index (χ0n) is 18.4. The number of nitro benzene ring substituents is 1. The second-order valence-electron chi connectivity index (χ2n) is 8.44. The number of allylic oxidation sites excluding steroid dienone is 2. The third-order valence-corrected chi connectivity index (χ3v) is 6.16. The van der Waals surface area contributed by atoms with Gasteiger partial charge in [0.2, 0.25) is 0 Å². The number of nitro groups is 1. The van der Waals surface area contributed by atoms with Gasteiger partial charge in [-0.05, 0) is 30.7 Å². The molecule has 2 atom stereocenters. The lowest BCUT2D eigenvalue weighted by Gasteiger charge is -2.31. The van der Waals surface area contributed by atoms with Gasteiger partial charge in [0, 0.05) is 24.9 Å². The van der Waals surface area contributed by atoms with Gasteiger partial charge in [-0.15, -0.1) is 6.58 Å². The monoisotopic (exact) mass is 433 g/mol. The third-order valence-electron chi connectivity index (χ3n) is 4.35. The summed E-state index contributed by atoms with van der Waals surface area (Å²) in [6.45, 7) is 19.0. The first-order chi connectivity index (χ1) is 14.0. The molecule has 0 spiro atoms. The van der Waals surface area contributed by atoms with Crippen LogP contribution in [-0.4, -0.2) is 39.3 Å². The highest BCUT2D eigenvalue weighted by molar-refractivity contribution is 8.12. The van der Waals surface area contributed by atoms with Gasteiger partial charge in [-0.2, -0.15) is 0 Å². The maximum Gasteiger partial charge on any atom is 0.283 e. The second-order valence-corrected chi connectivity index (χ2v) is 10.1. The Kier molecular flexibility index (Phi) is 10.0. The van der Waals surface area contributed by atoms with Crippen LogP contribution in [0.25, 0.3) is 0 Å². The second kappa shape index (κ2) is 11.7. The Hall–Kier alpha value is -2.38. The summed E-state index contributed by atoms with van der Waals surface area (Å²) in [5.41, 5.74) is 0.911. The highest BCUT2D eigenvalue weighted by Crippen LogP contribution is 2.36. The van der Waals surface area contributed by atoms with Crippen LogP contribution in [-0.2, 0) is 0 Å². The summed E-state index contributed by atoms with van der Waals surface area (Å²) in [5, 5.41) is 25.0. The van der Waals surface area contributed by atoms with Crippen molar-refractivity contribution in [1.82, 2.24) is 9.62 Å². The highest BCUT2D eigenvalue weighted by atomic mass is 32.2. The van der Waals surface area contributed by atoms with Crippen LogP contribution in [0.4, 0.5) is 5.69 Å². The Morgan fingerprint density at radius 1 is 1.37 bits per heavy atom. The summed E-state index contributed by atoms with van der Waals surface area (Å²) in [6.07, 6.45) is 4.24. The number of hydrogen-bond donors (Lipinski definition) is 2. The van der Waals surface area contributed by atoms with E-state index in [1.54, 1.807) is 18.2 Å². The van der Waals surface area contributed by atoms with Gasteiger partial charge in [0.05, 0.1) is 15.9 Å². The largest absolute Gasteiger partial charge is 0.511 e.